The predicted molar refractivity (Wildman–Crippen MR) is 53.1 cm³/mol. The Hall–Kier alpha value is -1.65. The Morgan fingerprint density at radius 2 is 2.07 bits per heavy atom. The van der Waals surface area contributed by atoms with Gasteiger partial charge in [-0.2, -0.15) is 0 Å². The molecule has 0 saturated carbocycles. The van der Waals surface area contributed by atoms with Gasteiger partial charge in [0.2, 0.25) is 0 Å². The highest BCUT2D eigenvalue weighted by Gasteiger charge is 2.01. The molecule has 84 valence electrons. The van der Waals surface area contributed by atoms with E-state index >= 15 is 0 Å². The van der Waals surface area contributed by atoms with Crippen molar-refractivity contribution in [1.82, 2.24) is 0 Å². The summed E-state index contributed by atoms with van der Waals surface area (Å²) in [6.45, 7) is 3.65. The van der Waals surface area contributed by atoms with Gasteiger partial charge in [0, 0.05) is 6.92 Å². The SMILES string of the molecule is CCOC(C)=O.Nc1cccc(F)c1F. The monoisotopic (exact) mass is 217 g/mol. The van der Waals surface area contributed by atoms with E-state index < -0.39 is 11.6 Å². The summed E-state index contributed by atoms with van der Waals surface area (Å²) in [5, 5.41) is 0. The molecule has 0 aromatic heterocycles. The van der Waals surface area contributed by atoms with Crippen LogP contribution in [0.5, 0.6) is 0 Å². The third-order valence-corrected chi connectivity index (χ3v) is 1.33. The molecule has 0 radical (unpaired) electrons. The second kappa shape index (κ2) is 6.75. The van der Waals surface area contributed by atoms with Gasteiger partial charge >= 0.3 is 5.97 Å². The zero-order valence-electron chi connectivity index (χ0n) is 8.59. The second-order valence-corrected chi connectivity index (χ2v) is 2.57. The van der Waals surface area contributed by atoms with Crippen molar-refractivity contribution < 1.29 is 18.3 Å². The lowest BCUT2D eigenvalue weighted by atomic mass is 10.3. The number of nitrogen functional groups attached to an aromatic ring is 1. The molecule has 0 atom stereocenters. The lowest BCUT2D eigenvalue weighted by Gasteiger charge is -1.93. The van der Waals surface area contributed by atoms with Crippen LogP contribution in [0.3, 0.4) is 0 Å². The fourth-order valence-electron chi connectivity index (χ4n) is 0.724. The summed E-state index contributed by atoms with van der Waals surface area (Å²) < 4.78 is 28.8. The predicted octanol–water partition coefficient (Wildman–Crippen LogP) is 2.12. The summed E-state index contributed by atoms with van der Waals surface area (Å²) in [7, 11) is 0. The van der Waals surface area contributed by atoms with Crippen LogP contribution < -0.4 is 5.73 Å². The third kappa shape index (κ3) is 5.61. The fraction of sp³-hybridized carbons (Fsp3) is 0.300. The van der Waals surface area contributed by atoms with Crippen molar-refractivity contribution in [2.75, 3.05) is 12.3 Å². The number of halogens is 2. The Morgan fingerprint density at radius 3 is 2.33 bits per heavy atom. The molecule has 15 heavy (non-hydrogen) atoms. The lowest BCUT2D eigenvalue weighted by Crippen LogP contribution is -1.95. The van der Waals surface area contributed by atoms with Crippen molar-refractivity contribution in [3.05, 3.63) is 29.8 Å². The zero-order chi connectivity index (χ0) is 11.8. The molecule has 0 saturated heterocycles. The molecule has 0 amide bonds. The summed E-state index contributed by atoms with van der Waals surface area (Å²) in [6, 6.07) is 3.68. The molecule has 0 spiro atoms. The topological polar surface area (TPSA) is 52.3 Å². The van der Waals surface area contributed by atoms with Crippen LogP contribution in [0.15, 0.2) is 18.2 Å². The average molecular weight is 217 g/mol. The molecule has 0 fully saturated rings. The van der Waals surface area contributed by atoms with Gasteiger partial charge in [0.25, 0.3) is 0 Å². The first-order valence-electron chi connectivity index (χ1n) is 4.31. The van der Waals surface area contributed by atoms with Crippen LogP contribution in [0, 0.1) is 11.6 Å². The van der Waals surface area contributed by atoms with Crippen LogP contribution >= 0.6 is 0 Å². The van der Waals surface area contributed by atoms with Crippen LogP contribution in [0.1, 0.15) is 13.8 Å². The third-order valence-electron chi connectivity index (χ3n) is 1.33. The molecule has 1 rings (SSSR count). The number of hydrogen-bond donors (Lipinski definition) is 1. The van der Waals surface area contributed by atoms with Gasteiger partial charge in [-0.25, -0.2) is 8.78 Å². The number of carbonyl (C=O) groups is 1. The maximum atomic E-state index is 12.2. The molecule has 1 aromatic rings. The van der Waals surface area contributed by atoms with Gasteiger partial charge in [-0.05, 0) is 19.1 Å². The molecular weight excluding hydrogens is 204 g/mol. The van der Waals surface area contributed by atoms with Gasteiger partial charge in [-0.15, -0.1) is 0 Å². The Morgan fingerprint density at radius 1 is 1.47 bits per heavy atom. The minimum Gasteiger partial charge on any atom is -0.466 e. The highest BCUT2D eigenvalue weighted by molar-refractivity contribution is 5.65. The largest absolute Gasteiger partial charge is 0.466 e. The first-order valence-corrected chi connectivity index (χ1v) is 4.31. The van der Waals surface area contributed by atoms with Crippen LogP contribution in [0.25, 0.3) is 0 Å². The molecule has 0 aliphatic rings. The van der Waals surface area contributed by atoms with Crippen LogP contribution in [0.2, 0.25) is 0 Å². The highest BCUT2D eigenvalue weighted by Crippen LogP contribution is 2.11. The Labute approximate surface area is 86.8 Å². The number of benzene rings is 1. The summed E-state index contributed by atoms with van der Waals surface area (Å²) in [4.78, 5) is 9.82. The lowest BCUT2D eigenvalue weighted by molar-refractivity contribution is -0.140. The smallest absolute Gasteiger partial charge is 0.302 e. The number of rotatable bonds is 1. The van der Waals surface area contributed by atoms with E-state index in [1.165, 1.54) is 19.1 Å². The molecule has 0 heterocycles. The Balaban J connectivity index is 0.000000288. The van der Waals surface area contributed by atoms with Gasteiger partial charge in [-0.1, -0.05) is 6.07 Å². The van der Waals surface area contributed by atoms with Crippen molar-refractivity contribution in [3.63, 3.8) is 0 Å². The summed E-state index contributed by atoms with van der Waals surface area (Å²) in [6.07, 6.45) is 0. The maximum absolute atomic E-state index is 12.2. The van der Waals surface area contributed by atoms with Gasteiger partial charge in [0.1, 0.15) is 0 Å². The van der Waals surface area contributed by atoms with E-state index in [1.54, 1.807) is 6.92 Å². The Kier molecular flexibility index (Phi) is 6.01. The van der Waals surface area contributed by atoms with E-state index in [-0.39, 0.29) is 11.7 Å². The minimum atomic E-state index is -0.975. The maximum Gasteiger partial charge on any atom is 0.302 e. The first kappa shape index (κ1) is 13.4. The highest BCUT2D eigenvalue weighted by atomic mass is 19.2. The molecule has 0 aliphatic heterocycles. The minimum absolute atomic E-state index is 0.157. The molecular formula is C10H13F2NO2. The number of carbonyl (C=O) groups excluding carboxylic acids is 1. The van der Waals surface area contributed by atoms with Crippen LogP contribution in [0.4, 0.5) is 14.5 Å². The molecule has 5 heteroatoms. The fourth-order valence-corrected chi connectivity index (χ4v) is 0.724. The van der Waals surface area contributed by atoms with Crippen molar-refractivity contribution in [2.24, 2.45) is 0 Å². The molecule has 0 aliphatic carbocycles. The van der Waals surface area contributed by atoms with E-state index in [4.69, 9.17) is 5.73 Å². The summed E-state index contributed by atoms with van der Waals surface area (Å²) in [5.41, 5.74) is 4.85. The zero-order valence-corrected chi connectivity index (χ0v) is 8.59. The number of ether oxygens (including phenoxy) is 1. The van der Waals surface area contributed by atoms with Crippen molar-refractivity contribution >= 4 is 11.7 Å². The molecule has 2 N–H and O–H groups in total. The van der Waals surface area contributed by atoms with Gasteiger partial charge in [-0.3, -0.25) is 4.79 Å². The van der Waals surface area contributed by atoms with E-state index in [9.17, 15) is 13.6 Å². The number of nitrogens with two attached hydrogens (primary N) is 1. The molecule has 0 bridgehead atoms. The quantitative estimate of drug-likeness (QED) is 0.579. The summed E-state index contributed by atoms with van der Waals surface area (Å²) >= 11 is 0. The Bertz CT molecular complexity index is 309. The second-order valence-electron chi connectivity index (χ2n) is 2.57. The van der Waals surface area contributed by atoms with Crippen molar-refractivity contribution in [1.29, 1.82) is 0 Å². The number of esters is 1. The average Bonchev–Trinajstić information content (AvgIpc) is 2.15. The van der Waals surface area contributed by atoms with Crippen molar-refractivity contribution in [3.8, 4) is 0 Å². The summed E-state index contributed by atoms with van der Waals surface area (Å²) in [5.74, 6) is -2.09. The van der Waals surface area contributed by atoms with E-state index in [1.807, 2.05) is 0 Å². The first-order chi connectivity index (χ1) is 6.99. The number of anilines is 1. The van der Waals surface area contributed by atoms with E-state index in [0.29, 0.717) is 6.61 Å². The van der Waals surface area contributed by atoms with Gasteiger partial charge < -0.3 is 10.5 Å². The van der Waals surface area contributed by atoms with Gasteiger partial charge in [0.15, 0.2) is 11.6 Å². The van der Waals surface area contributed by atoms with E-state index in [0.717, 1.165) is 6.07 Å². The molecule has 1 aromatic carbocycles. The molecule has 0 unspecified atom stereocenters. The van der Waals surface area contributed by atoms with E-state index in [2.05, 4.69) is 4.74 Å². The van der Waals surface area contributed by atoms with Gasteiger partial charge in [0.05, 0.1) is 12.3 Å². The standard InChI is InChI=1S/C6H5F2N.C4H8O2/c7-4-2-1-3-5(9)6(4)8;1-3-6-4(2)5/h1-3H,9H2;3H2,1-2H3. The number of hydrogen-bond acceptors (Lipinski definition) is 3. The normalized spacial score (nSPS) is 8.80. The van der Waals surface area contributed by atoms with Crippen LogP contribution in [-0.4, -0.2) is 12.6 Å². The van der Waals surface area contributed by atoms with Crippen molar-refractivity contribution in [2.45, 2.75) is 13.8 Å². The van der Waals surface area contributed by atoms with Crippen LogP contribution in [-0.2, 0) is 9.53 Å². The molecule has 3 nitrogen and oxygen atoms in total.